The average molecular weight is 174 g/mol. The van der Waals surface area contributed by atoms with Crippen LogP contribution in [0.5, 0.6) is 0 Å². The molecule has 0 aliphatic rings. The highest BCUT2D eigenvalue weighted by molar-refractivity contribution is 4.67. The summed E-state index contributed by atoms with van der Waals surface area (Å²) in [5.41, 5.74) is -0.163. The van der Waals surface area contributed by atoms with Crippen molar-refractivity contribution in [2.45, 2.75) is 46.1 Å². The lowest BCUT2D eigenvalue weighted by Gasteiger charge is -2.24. The van der Waals surface area contributed by atoms with Gasteiger partial charge in [0.15, 0.2) is 0 Å². The van der Waals surface area contributed by atoms with E-state index in [9.17, 15) is 0 Å². The maximum atomic E-state index is 8.73. The van der Waals surface area contributed by atoms with E-state index in [4.69, 9.17) is 9.84 Å². The summed E-state index contributed by atoms with van der Waals surface area (Å²) in [5, 5.41) is 8.73. The molecule has 0 amide bonds. The minimum Gasteiger partial charge on any atom is -0.396 e. The summed E-state index contributed by atoms with van der Waals surface area (Å²) >= 11 is 0. The zero-order valence-electron chi connectivity index (χ0n) is 8.76. The lowest BCUT2D eigenvalue weighted by molar-refractivity contribution is -0.0364. The molecule has 2 heteroatoms. The van der Waals surface area contributed by atoms with E-state index in [0.717, 1.165) is 13.0 Å². The second-order valence-electron chi connectivity index (χ2n) is 4.26. The van der Waals surface area contributed by atoms with Gasteiger partial charge in [-0.2, -0.15) is 0 Å². The summed E-state index contributed by atoms with van der Waals surface area (Å²) in [6.45, 7) is 9.40. The molecule has 0 bridgehead atoms. The fourth-order valence-electron chi connectivity index (χ4n) is 0.912. The third-order valence-corrected chi connectivity index (χ3v) is 1.90. The standard InChI is InChI=1S/C10H22O2/c1-9(2)5-8-12-10(3,4)6-7-11/h9,11H,5-8H2,1-4H3. The normalized spacial score (nSPS) is 12.5. The molecule has 0 spiro atoms. The van der Waals surface area contributed by atoms with Crippen molar-refractivity contribution in [1.82, 2.24) is 0 Å². The van der Waals surface area contributed by atoms with Gasteiger partial charge in [-0.05, 0) is 32.6 Å². The monoisotopic (exact) mass is 174 g/mol. The highest BCUT2D eigenvalue weighted by Crippen LogP contribution is 2.14. The van der Waals surface area contributed by atoms with Crippen LogP contribution in [0.3, 0.4) is 0 Å². The van der Waals surface area contributed by atoms with E-state index >= 15 is 0 Å². The van der Waals surface area contributed by atoms with Gasteiger partial charge < -0.3 is 9.84 Å². The number of rotatable bonds is 6. The molecule has 0 aromatic rings. The molecular formula is C10H22O2. The van der Waals surface area contributed by atoms with Crippen LogP contribution in [-0.4, -0.2) is 23.9 Å². The predicted molar refractivity (Wildman–Crippen MR) is 51.2 cm³/mol. The van der Waals surface area contributed by atoms with Crippen LogP contribution in [0.25, 0.3) is 0 Å². The Kier molecular flexibility index (Phi) is 5.51. The van der Waals surface area contributed by atoms with Crippen molar-refractivity contribution < 1.29 is 9.84 Å². The second-order valence-corrected chi connectivity index (χ2v) is 4.26. The van der Waals surface area contributed by atoms with Gasteiger partial charge in [0.25, 0.3) is 0 Å². The Labute approximate surface area is 75.9 Å². The molecule has 0 fully saturated rings. The molecule has 0 aliphatic heterocycles. The molecule has 2 nitrogen and oxygen atoms in total. The molecule has 74 valence electrons. The SMILES string of the molecule is CC(C)CCOC(C)(C)CCO. The predicted octanol–water partition coefficient (Wildman–Crippen LogP) is 2.21. The van der Waals surface area contributed by atoms with Crippen LogP contribution in [0.4, 0.5) is 0 Å². The molecule has 0 aromatic heterocycles. The van der Waals surface area contributed by atoms with Crippen LogP contribution >= 0.6 is 0 Å². The molecule has 0 saturated heterocycles. The third-order valence-electron chi connectivity index (χ3n) is 1.90. The number of hydrogen-bond donors (Lipinski definition) is 1. The third kappa shape index (κ3) is 6.62. The first-order valence-corrected chi connectivity index (χ1v) is 4.73. The van der Waals surface area contributed by atoms with Crippen molar-refractivity contribution in [2.75, 3.05) is 13.2 Å². The quantitative estimate of drug-likeness (QED) is 0.669. The second kappa shape index (κ2) is 5.55. The van der Waals surface area contributed by atoms with Gasteiger partial charge in [-0.25, -0.2) is 0 Å². The van der Waals surface area contributed by atoms with Gasteiger partial charge in [0, 0.05) is 13.2 Å². The highest BCUT2D eigenvalue weighted by Gasteiger charge is 2.16. The summed E-state index contributed by atoms with van der Waals surface area (Å²) in [7, 11) is 0. The lowest BCUT2D eigenvalue weighted by Crippen LogP contribution is -2.26. The maximum Gasteiger partial charge on any atom is 0.0648 e. The molecule has 0 aromatic carbocycles. The smallest absolute Gasteiger partial charge is 0.0648 e. The first kappa shape index (κ1) is 11.9. The Bertz CT molecular complexity index is 108. The number of aliphatic hydroxyl groups excluding tert-OH is 1. The van der Waals surface area contributed by atoms with E-state index < -0.39 is 0 Å². The summed E-state index contributed by atoms with van der Waals surface area (Å²) < 4.78 is 5.62. The molecule has 0 atom stereocenters. The van der Waals surface area contributed by atoms with Crippen LogP contribution in [-0.2, 0) is 4.74 Å². The largest absolute Gasteiger partial charge is 0.396 e. The highest BCUT2D eigenvalue weighted by atomic mass is 16.5. The van der Waals surface area contributed by atoms with Crippen molar-refractivity contribution >= 4 is 0 Å². The van der Waals surface area contributed by atoms with Crippen LogP contribution in [0.1, 0.15) is 40.5 Å². The minimum atomic E-state index is -0.163. The molecule has 0 saturated carbocycles. The Morgan fingerprint density at radius 2 is 1.92 bits per heavy atom. The Morgan fingerprint density at radius 1 is 1.33 bits per heavy atom. The number of hydrogen-bond acceptors (Lipinski definition) is 2. The van der Waals surface area contributed by atoms with Gasteiger partial charge in [-0.3, -0.25) is 0 Å². The molecule has 0 unspecified atom stereocenters. The summed E-state index contributed by atoms with van der Waals surface area (Å²) in [6, 6.07) is 0. The van der Waals surface area contributed by atoms with E-state index in [2.05, 4.69) is 13.8 Å². The first-order chi connectivity index (χ1) is 5.48. The van der Waals surface area contributed by atoms with Crippen molar-refractivity contribution in [3.8, 4) is 0 Å². The van der Waals surface area contributed by atoms with Crippen molar-refractivity contribution in [3.05, 3.63) is 0 Å². The molecule has 0 aliphatic carbocycles. The van der Waals surface area contributed by atoms with Crippen LogP contribution in [0.15, 0.2) is 0 Å². The Morgan fingerprint density at radius 3 is 2.33 bits per heavy atom. The zero-order chi connectivity index (χ0) is 9.61. The Balaban J connectivity index is 3.46. The zero-order valence-corrected chi connectivity index (χ0v) is 8.76. The van der Waals surface area contributed by atoms with Gasteiger partial charge >= 0.3 is 0 Å². The minimum absolute atomic E-state index is 0.163. The summed E-state index contributed by atoms with van der Waals surface area (Å²) in [6.07, 6.45) is 1.81. The van der Waals surface area contributed by atoms with Gasteiger partial charge in [0.1, 0.15) is 0 Å². The number of ether oxygens (including phenoxy) is 1. The van der Waals surface area contributed by atoms with Crippen molar-refractivity contribution in [3.63, 3.8) is 0 Å². The van der Waals surface area contributed by atoms with Crippen molar-refractivity contribution in [1.29, 1.82) is 0 Å². The molecule has 12 heavy (non-hydrogen) atoms. The van der Waals surface area contributed by atoms with E-state index in [1.807, 2.05) is 13.8 Å². The topological polar surface area (TPSA) is 29.5 Å². The van der Waals surface area contributed by atoms with Gasteiger partial charge in [-0.15, -0.1) is 0 Å². The fourth-order valence-corrected chi connectivity index (χ4v) is 0.912. The van der Waals surface area contributed by atoms with Crippen LogP contribution < -0.4 is 0 Å². The van der Waals surface area contributed by atoms with Crippen LogP contribution in [0, 0.1) is 5.92 Å². The van der Waals surface area contributed by atoms with Gasteiger partial charge in [0.2, 0.25) is 0 Å². The molecular weight excluding hydrogens is 152 g/mol. The fraction of sp³-hybridized carbons (Fsp3) is 1.00. The van der Waals surface area contributed by atoms with E-state index in [1.165, 1.54) is 0 Å². The Hall–Kier alpha value is -0.0800. The average Bonchev–Trinajstić information content (AvgIpc) is 1.85. The van der Waals surface area contributed by atoms with Crippen LogP contribution in [0.2, 0.25) is 0 Å². The summed E-state index contributed by atoms with van der Waals surface area (Å²) in [5.74, 6) is 0.690. The summed E-state index contributed by atoms with van der Waals surface area (Å²) in [4.78, 5) is 0. The van der Waals surface area contributed by atoms with Crippen molar-refractivity contribution in [2.24, 2.45) is 5.92 Å². The number of aliphatic hydroxyl groups is 1. The molecule has 0 radical (unpaired) electrons. The van der Waals surface area contributed by atoms with Gasteiger partial charge in [0.05, 0.1) is 5.60 Å². The maximum absolute atomic E-state index is 8.73. The first-order valence-electron chi connectivity index (χ1n) is 4.73. The van der Waals surface area contributed by atoms with E-state index in [-0.39, 0.29) is 12.2 Å². The molecule has 1 N–H and O–H groups in total. The van der Waals surface area contributed by atoms with Gasteiger partial charge in [-0.1, -0.05) is 13.8 Å². The molecule has 0 heterocycles. The lowest BCUT2D eigenvalue weighted by atomic mass is 10.1. The molecule has 0 rings (SSSR count). The van der Waals surface area contributed by atoms with E-state index in [0.29, 0.717) is 12.3 Å². The van der Waals surface area contributed by atoms with E-state index in [1.54, 1.807) is 0 Å².